The average Bonchev–Trinajstić information content (AvgIpc) is 2.47. The third-order valence-corrected chi connectivity index (χ3v) is 1.75. The molecule has 0 atom stereocenters. The number of cyclic esters (lactones) is 2. The molecular weight excluding hydrogens is 182 g/mol. The van der Waals surface area contributed by atoms with Crippen LogP contribution in [-0.4, -0.2) is 12.1 Å². The fourth-order valence-electron chi connectivity index (χ4n) is 1.14. The first-order valence-electron chi connectivity index (χ1n) is 4.05. The maximum absolute atomic E-state index is 11.0. The summed E-state index contributed by atoms with van der Waals surface area (Å²) in [5, 5.41) is 2.30. The fourth-order valence-corrected chi connectivity index (χ4v) is 1.14. The molecule has 4 heteroatoms. The standard InChI is InChI=1S/C10H7NO3/c12-9-8(11-10(13)14-9)6-7-4-2-1-3-5-7/h1-6H,(H,11,13)/b8-6+. The molecule has 70 valence electrons. The number of hydrogen-bond acceptors (Lipinski definition) is 3. The van der Waals surface area contributed by atoms with Crippen LogP contribution in [0.15, 0.2) is 36.0 Å². The van der Waals surface area contributed by atoms with E-state index < -0.39 is 12.1 Å². The summed E-state index contributed by atoms with van der Waals surface area (Å²) in [7, 11) is 0. The number of esters is 1. The van der Waals surface area contributed by atoms with E-state index in [4.69, 9.17) is 0 Å². The van der Waals surface area contributed by atoms with Crippen molar-refractivity contribution in [3.63, 3.8) is 0 Å². The molecule has 1 aromatic carbocycles. The molecule has 14 heavy (non-hydrogen) atoms. The third kappa shape index (κ3) is 1.64. The summed E-state index contributed by atoms with van der Waals surface area (Å²) < 4.78 is 4.29. The molecular formula is C10H7NO3. The lowest BCUT2D eigenvalue weighted by Crippen LogP contribution is -2.11. The van der Waals surface area contributed by atoms with Crippen molar-refractivity contribution in [2.45, 2.75) is 0 Å². The third-order valence-electron chi connectivity index (χ3n) is 1.75. The highest BCUT2D eigenvalue weighted by atomic mass is 16.6. The Bertz CT molecular complexity index is 409. The highest BCUT2D eigenvalue weighted by molar-refractivity contribution is 6.06. The molecule has 1 fully saturated rings. The van der Waals surface area contributed by atoms with E-state index in [9.17, 15) is 9.59 Å². The molecule has 1 saturated heterocycles. The molecule has 1 heterocycles. The molecule has 0 radical (unpaired) electrons. The Morgan fingerprint density at radius 1 is 1.14 bits per heavy atom. The minimum atomic E-state index is -0.725. The van der Waals surface area contributed by atoms with Gasteiger partial charge in [-0.1, -0.05) is 30.3 Å². The number of ether oxygens (including phenoxy) is 1. The van der Waals surface area contributed by atoms with E-state index in [1.807, 2.05) is 30.3 Å². The van der Waals surface area contributed by atoms with Gasteiger partial charge in [-0.15, -0.1) is 0 Å². The monoisotopic (exact) mass is 189 g/mol. The summed E-state index contributed by atoms with van der Waals surface area (Å²) in [6.45, 7) is 0. The van der Waals surface area contributed by atoms with Crippen molar-refractivity contribution in [2.75, 3.05) is 0 Å². The first-order valence-corrected chi connectivity index (χ1v) is 4.05. The number of carbonyl (C=O) groups excluding carboxylic acids is 2. The van der Waals surface area contributed by atoms with Gasteiger partial charge in [-0.05, 0) is 11.6 Å². The molecule has 0 spiro atoms. The van der Waals surface area contributed by atoms with Crippen LogP contribution in [0.1, 0.15) is 5.56 Å². The predicted octanol–water partition coefficient (Wildman–Crippen LogP) is 1.29. The van der Waals surface area contributed by atoms with Crippen LogP contribution in [0.4, 0.5) is 4.79 Å². The van der Waals surface area contributed by atoms with Gasteiger partial charge in [-0.3, -0.25) is 5.32 Å². The highest BCUT2D eigenvalue weighted by Crippen LogP contribution is 2.10. The Balaban J connectivity index is 2.28. The van der Waals surface area contributed by atoms with Gasteiger partial charge in [-0.2, -0.15) is 0 Å². The van der Waals surface area contributed by atoms with Crippen LogP contribution in [-0.2, 0) is 9.53 Å². The molecule has 0 saturated carbocycles. The summed E-state index contributed by atoms with van der Waals surface area (Å²) in [6, 6.07) is 9.20. The van der Waals surface area contributed by atoms with Crippen LogP contribution in [0, 0.1) is 0 Å². The van der Waals surface area contributed by atoms with Gasteiger partial charge in [0.05, 0.1) is 0 Å². The smallest absolute Gasteiger partial charge is 0.371 e. The van der Waals surface area contributed by atoms with Gasteiger partial charge in [-0.25, -0.2) is 9.59 Å². The van der Waals surface area contributed by atoms with Crippen LogP contribution >= 0.6 is 0 Å². The molecule has 1 amide bonds. The molecule has 0 bridgehead atoms. The molecule has 4 nitrogen and oxygen atoms in total. The zero-order chi connectivity index (χ0) is 9.97. The molecule has 1 N–H and O–H groups in total. The van der Waals surface area contributed by atoms with Gasteiger partial charge >= 0.3 is 12.1 Å². The normalized spacial score (nSPS) is 18.1. The van der Waals surface area contributed by atoms with E-state index in [2.05, 4.69) is 10.1 Å². The Morgan fingerprint density at radius 3 is 2.43 bits per heavy atom. The first kappa shape index (κ1) is 8.50. The molecule has 2 rings (SSSR count). The van der Waals surface area contributed by atoms with Gasteiger partial charge in [0.2, 0.25) is 0 Å². The van der Waals surface area contributed by atoms with E-state index in [0.29, 0.717) is 0 Å². The summed E-state index contributed by atoms with van der Waals surface area (Å²) in [4.78, 5) is 21.7. The summed E-state index contributed by atoms with van der Waals surface area (Å²) >= 11 is 0. The lowest BCUT2D eigenvalue weighted by Gasteiger charge is -1.92. The van der Waals surface area contributed by atoms with Crippen LogP contribution in [0.3, 0.4) is 0 Å². The maximum Gasteiger partial charge on any atom is 0.419 e. The Morgan fingerprint density at radius 2 is 1.86 bits per heavy atom. The van der Waals surface area contributed by atoms with E-state index in [-0.39, 0.29) is 5.70 Å². The maximum atomic E-state index is 11.0. The number of rotatable bonds is 1. The summed E-state index contributed by atoms with van der Waals surface area (Å²) in [5.74, 6) is -0.640. The van der Waals surface area contributed by atoms with E-state index >= 15 is 0 Å². The van der Waals surface area contributed by atoms with Crippen LogP contribution in [0.25, 0.3) is 6.08 Å². The van der Waals surface area contributed by atoms with Crippen molar-refractivity contribution in [3.8, 4) is 0 Å². The topological polar surface area (TPSA) is 55.4 Å². The molecule has 0 aliphatic carbocycles. The van der Waals surface area contributed by atoms with Gasteiger partial charge in [0.15, 0.2) is 0 Å². The number of hydrogen-bond donors (Lipinski definition) is 1. The van der Waals surface area contributed by atoms with Crippen molar-refractivity contribution >= 4 is 18.1 Å². The molecule has 1 aliphatic heterocycles. The lowest BCUT2D eigenvalue weighted by atomic mass is 10.2. The minimum Gasteiger partial charge on any atom is -0.371 e. The van der Waals surface area contributed by atoms with E-state index in [1.54, 1.807) is 6.08 Å². The van der Waals surface area contributed by atoms with Crippen LogP contribution in [0.2, 0.25) is 0 Å². The number of benzene rings is 1. The average molecular weight is 189 g/mol. The zero-order valence-corrected chi connectivity index (χ0v) is 7.19. The van der Waals surface area contributed by atoms with Gasteiger partial charge < -0.3 is 4.74 Å². The SMILES string of the molecule is O=C1N/C(=C/c2ccccc2)C(=O)O1. The second kappa shape index (κ2) is 3.33. The Labute approximate surface area is 80.2 Å². The second-order valence-corrected chi connectivity index (χ2v) is 2.77. The van der Waals surface area contributed by atoms with Crippen LogP contribution in [0.5, 0.6) is 0 Å². The van der Waals surface area contributed by atoms with Crippen molar-refractivity contribution < 1.29 is 14.3 Å². The molecule has 0 aromatic heterocycles. The highest BCUT2D eigenvalue weighted by Gasteiger charge is 2.25. The fraction of sp³-hybridized carbons (Fsp3) is 0. The summed E-state index contributed by atoms with van der Waals surface area (Å²) in [6.07, 6.45) is 0.838. The van der Waals surface area contributed by atoms with Gasteiger partial charge in [0.1, 0.15) is 5.70 Å². The van der Waals surface area contributed by atoms with Crippen molar-refractivity contribution in [2.24, 2.45) is 0 Å². The predicted molar refractivity (Wildman–Crippen MR) is 49.0 cm³/mol. The number of nitrogens with one attached hydrogen (secondary N) is 1. The summed E-state index contributed by atoms with van der Waals surface area (Å²) in [5.41, 5.74) is 1.00. The molecule has 1 aliphatic rings. The molecule has 1 aromatic rings. The van der Waals surface area contributed by atoms with Crippen molar-refractivity contribution in [1.82, 2.24) is 5.32 Å². The van der Waals surface area contributed by atoms with E-state index in [1.165, 1.54) is 0 Å². The lowest BCUT2D eigenvalue weighted by molar-refractivity contribution is -0.130. The Hall–Kier alpha value is -2.10. The van der Waals surface area contributed by atoms with Gasteiger partial charge in [0, 0.05) is 0 Å². The number of amides is 1. The quantitative estimate of drug-likeness (QED) is 0.411. The van der Waals surface area contributed by atoms with E-state index in [0.717, 1.165) is 5.56 Å². The van der Waals surface area contributed by atoms with Crippen molar-refractivity contribution in [3.05, 3.63) is 41.6 Å². The first-order chi connectivity index (χ1) is 6.75. The van der Waals surface area contributed by atoms with Crippen molar-refractivity contribution in [1.29, 1.82) is 0 Å². The number of alkyl carbamates (subject to hydrolysis) is 1. The van der Waals surface area contributed by atoms with Gasteiger partial charge in [0.25, 0.3) is 0 Å². The minimum absolute atomic E-state index is 0.168. The second-order valence-electron chi connectivity index (χ2n) is 2.77. The zero-order valence-electron chi connectivity index (χ0n) is 7.19. The largest absolute Gasteiger partial charge is 0.419 e. The Kier molecular flexibility index (Phi) is 2.02. The van der Waals surface area contributed by atoms with Crippen LogP contribution < -0.4 is 5.32 Å². The molecule has 0 unspecified atom stereocenters. The number of carbonyl (C=O) groups is 2.